The van der Waals surface area contributed by atoms with E-state index in [1.807, 2.05) is 38.1 Å². The third kappa shape index (κ3) is 4.31. The van der Waals surface area contributed by atoms with Gasteiger partial charge in [0.25, 0.3) is 0 Å². The average Bonchev–Trinajstić information content (AvgIpc) is 3.01. The Bertz CT molecular complexity index is 917. The Balaban J connectivity index is 1.92. The molecule has 0 radical (unpaired) electrons. The van der Waals surface area contributed by atoms with E-state index in [4.69, 9.17) is 25.8 Å². The number of halogens is 1. The average molecular weight is 386 g/mol. The van der Waals surface area contributed by atoms with Crippen LogP contribution < -0.4 is 9.47 Å². The summed E-state index contributed by atoms with van der Waals surface area (Å²) >= 11 is 6.32. The maximum atomic E-state index is 12.2. The number of nitrogens with zero attached hydrogens (tertiary/aromatic N) is 1. The van der Waals surface area contributed by atoms with Gasteiger partial charge in [0.1, 0.15) is 0 Å². The molecule has 0 aliphatic carbocycles. The number of carbonyl (C=O) groups is 1. The number of cyclic esters (lactones) is 1. The van der Waals surface area contributed by atoms with Gasteiger partial charge < -0.3 is 14.2 Å². The minimum atomic E-state index is -0.507. The molecule has 0 bridgehead atoms. The molecular weight excluding hydrogens is 366 g/mol. The van der Waals surface area contributed by atoms with Crippen LogP contribution in [0.3, 0.4) is 0 Å². The van der Waals surface area contributed by atoms with E-state index in [9.17, 15) is 4.79 Å². The smallest absolute Gasteiger partial charge is 0.363 e. The minimum Gasteiger partial charge on any atom is -0.493 e. The first-order valence-corrected chi connectivity index (χ1v) is 8.99. The standard InChI is InChI=1S/C21H20ClNO4/c1-4-9-26-19-16(22)10-14(12-18(19)25-3)11-17-21(24)27-20(23-17)15-7-5-13(2)6-8-15/h5-8,10-12H,4,9H2,1-3H3/b17-11-. The lowest BCUT2D eigenvalue weighted by Crippen LogP contribution is -2.05. The monoisotopic (exact) mass is 385 g/mol. The summed E-state index contributed by atoms with van der Waals surface area (Å²) in [6, 6.07) is 11.1. The first-order chi connectivity index (χ1) is 13.0. The van der Waals surface area contributed by atoms with Gasteiger partial charge in [-0.2, -0.15) is 0 Å². The van der Waals surface area contributed by atoms with Crippen molar-refractivity contribution in [2.45, 2.75) is 20.3 Å². The molecule has 0 amide bonds. The maximum absolute atomic E-state index is 12.2. The fourth-order valence-electron chi connectivity index (χ4n) is 2.55. The Morgan fingerprint density at radius 1 is 1.22 bits per heavy atom. The van der Waals surface area contributed by atoms with Crippen LogP contribution in [-0.2, 0) is 9.53 Å². The lowest BCUT2D eigenvalue weighted by Gasteiger charge is -2.12. The predicted octanol–water partition coefficient (Wildman–Crippen LogP) is 4.79. The van der Waals surface area contributed by atoms with E-state index >= 15 is 0 Å². The Morgan fingerprint density at radius 3 is 2.63 bits per heavy atom. The third-order valence-corrected chi connectivity index (χ3v) is 4.21. The summed E-state index contributed by atoms with van der Waals surface area (Å²) in [5.74, 6) is 0.761. The second-order valence-corrected chi connectivity index (χ2v) is 6.49. The summed E-state index contributed by atoms with van der Waals surface area (Å²) in [6.45, 7) is 4.53. The van der Waals surface area contributed by atoms with Gasteiger partial charge in [-0.05, 0) is 49.2 Å². The molecule has 0 saturated heterocycles. The highest BCUT2D eigenvalue weighted by atomic mass is 35.5. The topological polar surface area (TPSA) is 57.1 Å². The second-order valence-electron chi connectivity index (χ2n) is 6.08. The number of aliphatic imine (C=N–C) groups is 1. The molecule has 1 aliphatic rings. The molecule has 1 aliphatic heterocycles. The van der Waals surface area contributed by atoms with Crippen molar-refractivity contribution in [3.63, 3.8) is 0 Å². The van der Waals surface area contributed by atoms with Gasteiger partial charge in [0.15, 0.2) is 17.2 Å². The Hall–Kier alpha value is -2.79. The molecule has 0 saturated carbocycles. The Morgan fingerprint density at radius 2 is 1.96 bits per heavy atom. The second kappa shape index (κ2) is 8.27. The molecule has 0 N–H and O–H groups in total. The van der Waals surface area contributed by atoms with E-state index in [1.165, 1.54) is 0 Å². The quantitative estimate of drug-likeness (QED) is 0.530. The third-order valence-electron chi connectivity index (χ3n) is 3.92. The van der Waals surface area contributed by atoms with Crippen molar-refractivity contribution in [3.05, 3.63) is 63.8 Å². The van der Waals surface area contributed by atoms with Gasteiger partial charge in [-0.15, -0.1) is 0 Å². The predicted molar refractivity (Wildman–Crippen MR) is 106 cm³/mol. The number of rotatable bonds is 6. The number of hydrogen-bond acceptors (Lipinski definition) is 5. The molecule has 3 rings (SSSR count). The van der Waals surface area contributed by atoms with Crippen LogP contribution in [0.15, 0.2) is 47.1 Å². The van der Waals surface area contributed by atoms with Gasteiger partial charge in [-0.25, -0.2) is 9.79 Å². The fraction of sp³-hybridized carbons (Fsp3) is 0.238. The highest BCUT2D eigenvalue weighted by Crippen LogP contribution is 2.37. The van der Waals surface area contributed by atoms with Crippen LogP contribution in [0.25, 0.3) is 6.08 Å². The van der Waals surface area contributed by atoms with E-state index in [0.717, 1.165) is 17.5 Å². The minimum absolute atomic E-state index is 0.200. The number of esters is 1. The molecule has 1 heterocycles. The number of hydrogen-bond donors (Lipinski definition) is 0. The summed E-state index contributed by atoms with van der Waals surface area (Å²) in [5, 5.41) is 0.406. The lowest BCUT2D eigenvalue weighted by atomic mass is 10.1. The molecule has 0 unspecified atom stereocenters. The van der Waals surface area contributed by atoms with Crippen LogP contribution in [0.2, 0.25) is 5.02 Å². The molecule has 5 nitrogen and oxygen atoms in total. The van der Waals surface area contributed by atoms with Crippen LogP contribution in [0.1, 0.15) is 30.0 Å². The summed E-state index contributed by atoms with van der Waals surface area (Å²) in [6.07, 6.45) is 2.47. The molecular formula is C21H20ClNO4. The molecule has 0 fully saturated rings. The number of methoxy groups -OCH3 is 1. The highest BCUT2D eigenvalue weighted by molar-refractivity contribution is 6.32. The van der Waals surface area contributed by atoms with Gasteiger partial charge in [-0.3, -0.25) is 0 Å². The molecule has 2 aromatic rings. The number of aryl methyl sites for hydroxylation is 1. The lowest BCUT2D eigenvalue weighted by molar-refractivity contribution is -0.129. The summed E-state index contributed by atoms with van der Waals surface area (Å²) in [4.78, 5) is 16.5. The number of carbonyl (C=O) groups excluding carboxylic acids is 1. The zero-order chi connectivity index (χ0) is 19.4. The molecule has 0 spiro atoms. The molecule has 27 heavy (non-hydrogen) atoms. The molecule has 0 aromatic heterocycles. The SMILES string of the molecule is CCCOc1c(Cl)cc(/C=C2\N=C(c3ccc(C)cc3)OC2=O)cc1OC. The van der Waals surface area contributed by atoms with Crippen molar-refractivity contribution < 1.29 is 19.0 Å². The van der Waals surface area contributed by atoms with Crippen molar-refractivity contribution in [1.82, 2.24) is 0 Å². The largest absolute Gasteiger partial charge is 0.493 e. The van der Waals surface area contributed by atoms with Gasteiger partial charge in [0, 0.05) is 5.56 Å². The molecule has 2 aromatic carbocycles. The molecule has 0 atom stereocenters. The summed E-state index contributed by atoms with van der Waals surface area (Å²) in [7, 11) is 1.54. The zero-order valence-corrected chi connectivity index (χ0v) is 16.2. The van der Waals surface area contributed by atoms with Crippen LogP contribution in [0.5, 0.6) is 11.5 Å². The van der Waals surface area contributed by atoms with Crippen LogP contribution in [-0.4, -0.2) is 25.6 Å². The van der Waals surface area contributed by atoms with E-state index in [2.05, 4.69) is 4.99 Å². The molecule has 140 valence electrons. The number of benzene rings is 2. The normalized spacial score (nSPS) is 14.9. The van der Waals surface area contributed by atoms with E-state index in [0.29, 0.717) is 28.7 Å². The summed E-state index contributed by atoms with van der Waals surface area (Å²) in [5.41, 5.74) is 2.73. The number of ether oxygens (including phenoxy) is 3. The van der Waals surface area contributed by atoms with Crippen molar-refractivity contribution in [3.8, 4) is 11.5 Å². The van der Waals surface area contributed by atoms with E-state index < -0.39 is 5.97 Å². The van der Waals surface area contributed by atoms with E-state index in [1.54, 1.807) is 25.3 Å². The Kier molecular flexibility index (Phi) is 5.81. The van der Waals surface area contributed by atoms with Crippen LogP contribution in [0.4, 0.5) is 0 Å². The van der Waals surface area contributed by atoms with Gasteiger partial charge in [-0.1, -0.05) is 36.2 Å². The van der Waals surface area contributed by atoms with Gasteiger partial charge in [0.05, 0.1) is 18.7 Å². The summed E-state index contributed by atoms with van der Waals surface area (Å²) < 4.78 is 16.3. The molecule has 6 heteroatoms. The van der Waals surface area contributed by atoms with Crippen LogP contribution >= 0.6 is 11.6 Å². The highest BCUT2D eigenvalue weighted by Gasteiger charge is 2.24. The van der Waals surface area contributed by atoms with Crippen molar-refractivity contribution in [2.75, 3.05) is 13.7 Å². The van der Waals surface area contributed by atoms with Crippen molar-refractivity contribution in [2.24, 2.45) is 4.99 Å². The first kappa shape index (κ1) is 19.0. The van der Waals surface area contributed by atoms with Crippen molar-refractivity contribution >= 4 is 29.5 Å². The van der Waals surface area contributed by atoms with E-state index in [-0.39, 0.29) is 11.6 Å². The Labute approximate surface area is 163 Å². The first-order valence-electron chi connectivity index (χ1n) is 8.61. The van der Waals surface area contributed by atoms with Crippen LogP contribution in [0, 0.1) is 6.92 Å². The van der Waals surface area contributed by atoms with Gasteiger partial charge in [0.2, 0.25) is 5.90 Å². The van der Waals surface area contributed by atoms with Gasteiger partial charge >= 0.3 is 5.97 Å². The van der Waals surface area contributed by atoms with Crippen molar-refractivity contribution in [1.29, 1.82) is 0 Å². The zero-order valence-electron chi connectivity index (χ0n) is 15.4. The maximum Gasteiger partial charge on any atom is 0.363 e. The fourth-order valence-corrected chi connectivity index (χ4v) is 2.83.